The Kier molecular flexibility index (Phi) is 3.70. The predicted molar refractivity (Wildman–Crippen MR) is 63.7 cm³/mol. The van der Waals surface area contributed by atoms with E-state index < -0.39 is 11.1 Å². The van der Waals surface area contributed by atoms with Gasteiger partial charge in [-0.25, -0.2) is 0 Å². The fraction of sp³-hybridized carbons (Fsp3) is 0.636. The molecule has 5 heteroatoms. The highest BCUT2D eigenvalue weighted by molar-refractivity contribution is 4.85. The number of nitrogens with one attached hydrogen (secondary N) is 1. The minimum Gasteiger partial charge on any atom is -0.312 e. The highest BCUT2D eigenvalue weighted by atomic mass is 16.2. The number of rotatable bonds is 3. The summed E-state index contributed by atoms with van der Waals surface area (Å²) in [6, 6.07) is 0. The maximum atomic E-state index is 11.5. The van der Waals surface area contributed by atoms with Gasteiger partial charge in [-0.05, 0) is 20.8 Å². The molecule has 0 radical (unpaired) electrons. The molecule has 0 saturated carbocycles. The van der Waals surface area contributed by atoms with Crippen molar-refractivity contribution in [3.05, 3.63) is 33.1 Å². The molecule has 0 aliphatic carbocycles. The molecular weight excluding hydrogens is 206 g/mol. The molecule has 0 amide bonds. The summed E-state index contributed by atoms with van der Waals surface area (Å²) in [5, 5.41) is 3.26. The van der Waals surface area contributed by atoms with Gasteiger partial charge in [0, 0.05) is 38.1 Å². The Morgan fingerprint density at radius 2 is 1.81 bits per heavy atom. The highest BCUT2D eigenvalue weighted by Gasteiger charge is 2.08. The first-order valence-electron chi connectivity index (χ1n) is 5.32. The van der Waals surface area contributed by atoms with E-state index in [0.29, 0.717) is 13.1 Å². The van der Waals surface area contributed by atoms with Crippen LogP contribution in [0.2, 0.25) is 0 Å². The summed E-state index contributed by atoms with van der Waals surface area (Å²) in [4.78, 5) is 22.9. The van der Waals surface area contributed by atoms with Crippen molar-refractivity contribution >= 4 is 0 Å². The Balaban J connectivity index is 2.73. The number of aromatic nitrogens is 2. The Morgan fingerprint density at radius 1 is 1.19 bits per heavy atom. The number of hydrogen-bond donors (Lipinski definition) is 1. The van der Waals surface area contributed by atoms with Crippen LogP contribution in [0.3, 0.4) is 0 Å². The largest absolute Gasteiger partial charge is 0.316 e. The molecule has 0 bridgehead atoms. The van der Waals surface area contributed by atoms with Gasteiger partial charge < -0.3 is 14.5 Å². The predicted octanol–water partition coefficient (Wildman–Crippen LogP) is -0.0649. The first kappa shape index (κ1) is 12.7. The molecule has 0 aromatic carbocycles. The van der Waals surface area contributed by atoms with Gasteiger partial charge in [0.1, 0.15) is 0 Å². The second kappa shape index (κ2) is 4.65. The zero-order chi connectivity index (χ0) is 12.3. The van der Waals surface area contributed by atoms with Crippen LogP contribution in [0.4, 0.5) is 0 Å². The molecule has 16 heavy (non-hydrogen) atoms. The first-order valence-corrected chi connectivity index (χ1v) is 5.32. The maximum Gasteiger partial charge on any atom is 0.316 e. The zero-order valence-corrected chi connectivity index (χ0v) is 10.3. The van der Waals surface area contributed by atoms with Gasteiger partial charge in [0.05, 0.1) is 0 Å². The molecule has 0 fully saturated rings. The summed E-state index contributed by atoms with van der Waals surface area (Å²) in [5.74, 6) is 0. The maximum absolute atomic E-state index is 11.5. The molecule has 5 nitrogen and oxygen atoms in total. The van der Waals surface area contributed by atoms with Crippen LogP contribution in [0.5, 0.6) is 0 Å². The van der Waals surface area contributed by atoms with Crippen LogP contribution < -0.4 is 16.4 Å². The fourth-order valence-electron chi connectivity index (χ4n) is 1.32. The Hall–Kier alpha value is -1.36. The summed E-state index contributed by atoms with van der Waals surface area (Å²) < 4.78 is 2.72. The number of nitrogens with zero attached hydrogens (tertiary/aromatic N) is 2. The van der Waals surface area contributed by atoms with Crippen LogP contribution in [-0.2, 0) is 13.6 Å². The van der Waals surface area contributed by atoms with E-state index in [9.17, 15) is 9.59 Å². The van der Waals surface area contributed by atoms with Gasteiger partial charge in [0.15, 0.2) is 0 Å². The van der Waals surface area contributed by atoms with Gasteiger partial charge >= 0.3 is 11.1 Å². The normalized spacial score (nSPS) is 11.8. The molecule has 1 aromatic heterocycles. The van der Waals surface area contributed by atoms with Crippen molar-refractivity contribution in [1.82, 2.24) is 14.5 Å². The molecule has 0 atom stereocenters. The minimum absolute atomic E-state index is 0.0172. The van der Waals surface area contributed by atoms with E-state index in [-0.39, 0.29) is 5.54 Å². The molecule has 0 aliphatic heterocycles. The van der Waals surface area contributed by atoms with Crippen molar-refractivity contribution in [3.8, 4) is 0 Å². The third-order valence-electron chi connectivity index (χ3n) is 2.24. The van der Waals surface area contributed by atoms with E-state index in [1.165, 1.54) is 9.13 Å². The summed E-state index contributed by atoms with van der Waals surface area (Å²) in [5.41, 5.74) is -0.942. The van der Waals surface area contributed by atoms with Crippen molar-refractivity contribution in [2.75, 3.05) is 6.54 Å². The average molecular weight is 225 g/mol. The van der Waals surface area contributed by atoms with Crippen molar-refractivity contribution in [1.29, 1.82) is 0 Å². The molecule has 90 valence electrons. The second-order valence-electron chi connectivity index (χ2n) is 4.89. The quantitative estimate of drug-likeness (QED) is 0.733. The van der Waals surface area contributed by atoms with Crippen molar-refractivity contribution in [3.63, 3.8) is 0 Å². The van der Waals surface area contributed by atoms with Crippen LogP contribution in [0.15, 0.2) is 22.0 Å². The monoisotopic (exact) mass is 225 g/mol. The topological polar surface area (TPSA) is 56.0 Å². The van der Waals surface area contributed by atoms with Crippen LogP contribution in [0.1, 0.15) is 20.8 Å². The summed E-state index contributed by atoms with van der Waals surface area (Å²) in [6.07, 6.45) is 3.23. The smallest absolute Gasteiger partial charge is 0.312 e. The Bertz CT molecular complexity index is 465. The fourth-order valence-corrected chi connectivity index (χ4v) is 1.32. The molecule has 0 spiro atoms. The second-order valence-corrected chi connectivity index (χ2v) is 4.89. The van der Waals surface area contributed by atoms with Gasteiger partial charge in [-0.1, -0.05) is 0 Å². The Labute approximate surface area is 94.7 Å². The summed E-state index contributed by atoms with van der Waals surface area (Å²) >= 11 is 0. The minimum atomic E-state index is -0.488. The van der Waals surface area contributed by atoms with Gasteiger partial charge in [0.25, 0.3) is 0 Å². The molecular formula is C11H19N3O2. The molecule has 0 unspecified atom stereocenters. The van der Waals surface area contributed by atoms with Crippen LogP contribution in [0.25, 0.3) is 0 Å². The van der Waals surface area contributed by atoms with Crippen molar-refractivity contribution in [2.45, 2.75) is 32.9 Å². The van der Waals surface area contributed by atoms with Crippen molar-refractivity contribution < 1.29 is 0 Å². The number of hydrogen-bond acceptors (Lipinski definition) is 3. The summed E-state index contributed by atoms with van der Waals surface area (Å²) in [6.45, 7) is 7.34. The lowest BCUT2D eigenvalue weighted by molar-refractivity contribution is 0.409. The van der Waals surface area contributed by atoms with Crippen molar-refractivity contribution in [2.24, 2.45) is 7.05 Å². The Morgan fingerprint density at radius 3 is 2.38 bits per heavy atom. The molecule has 0 saturated heterocycles. The molecule has 1 aromatic rings. The number of aryl methyl sites for hydroxylation is 1. The molecule has 1 rings (SSSR count). The van der Waals surface area contributed by atoms with Gasteiger partial charge in [-0.3, -0.25) is 9.59 Å². The van der Waals surface area contributed by atoms with E-state index in [2.05, 4.69) is 26.1 Å². The van der Waals surface area contributed by atoms with Gasteiger partial charge in [0.2, 0.25) is 0 Å². The lowest BCUT2D eigenvalue weighted by Crippen LogP contribution is -2.43. The third kappa shape index (κ3) is 3.34. The molecule has 1 N–H and O–H groups in total. The van der Waals surface area contributed by atoms with E-state index in [0.717, 1.165) is 0 Å². The van der Waals surface area contributed by atoms with Crippen LogP contribution >= 0.6 is 0 Å². The van der Waals surface area contributed by atoms with Gasteiger partial charge in [-0.2, -0.15) is 0 Å². The highest BCUT2D eigenvalue weighted by Crippen LogP contribution is 1.96. The first-order chi connectivity index (χ1) is 7.31. The lowest BCUT2D eigenvalue weighted by Gasteiger charge is -2.20. The average Bonchev–Trinajstić information content (AvgIpc) is 2.16. The standard InChI is InChI=1S/C11H19N3O2/c1-11(2,3)12-5-6-14-8-7-13(4)9(15)10(14)16/h7-8,12H,5-6H2,1-4H3. The molecule has 1 heterocycles. The molecule has 0 aliphatic rings. The van der Waals surface area contributed by atoms with E-state index in [1.54, 1.807) is 19.4 Å². The van der Waals surface area contributed by atoms with Crippen LogP contribution in [-0.4, -0.2) is 21.2 Å². The van der Waals surface area contributed by atoms with E-state index >= 15 is 0 Å². The SMILES string of the molecule is Cn1ccn(CCNC(C)(C)C)c(=O)c1=O. The summed E-state index contributed by atoms with van der Waals surface area (Å²) in [7, 11) is 1.57. The van der Waals surface area contributed by atoms with E-state index in [4.69, 9.17) is 0 Å². The van der Waals surface area contributed by atoms with Crippen LogP contribution in [0, 0.1) is 0 Å². The van der Waals surface area contributed by atoms with Gasteiger partial charge in [-0.15, -0.1) is 0 Å². The lowest BCUT2D eigenvalue weighted by atomic mass is 10.1. The third-order valence-corrected chi connectivity index (χ3v) is 2.24. The zero-order valence-electron chi connectivity index (χ0n) is 10.3. The van der Waals surface area contributed by atoms with E-state index in [1.807, 2.05) is 0 Å².